The van der Waals surface area contributed by atoms with Gasteiger partial charge in [-0.25, -0.2) is 4.98 Å². The Morgan fingerprint density at radius 1 is 1.03 bits per heavy atom. The standard InChI is InChI=1S/C24H19N3O4/c28-14-17-8-4-5-9-19(17)24(31)26-18-10-11-20-22(12-18)27(15-25-20)21(13-23(29)30)16-6-2-1-3-7-16/h1-12,14-15,21H,13H2,(H,26,31)(H,29,30). The first kappa shape index (κ1) is 20.0. The third kappa shape index (κ3) is 4.20. The number of aromatic nitrogens is 2. The maximum absolute atomic E-state index is 12.7. The van der Waals surface area contributed by atoms with Gasteiger partial charge in [0.15, 0.2) is 6.29 Å². The van der Waals surface area contributed by atoms with Gasteiger partial charge in [0, 0.05) is 11.3 Å². The van der Waals surface area contributed by atoms with E-state index in [-0.39, 0.29) is 12.0 Å². The van der Waals surface area contributed by atoms with E-state index in [1.54, 1.807) is 53.4 Å². The lowest BCUT2D eigenvalue weighted by Crippen LogP contribution is -2.15. The zero-order valence-electron chi connectivity index (χ0n) is 16.4. The number of carbonyl (C=O) groups excluding carboxylic acids is 2. The zero-order chi connectivity index (χ0) is 21.8. The van der Waals surface area contributed by atoms with E-state index in [9.17, 15) is 19.5 Å². The fourth-order valence-corrected chi connectivity index (χ4v) is 3.57. The third-order valence-corrected chi connectivity index (χ3v) is 5.05. The molecule has 31 heavy (non-hydrogen) atoms. The highest BCUT2D eigenvalue weighted by molar-refractivity contribution is 6.09. The Kier molecular flexibility index (Phi) is 5.57. The molecule has 0 radical (unpaired) electrons. The summed E-state index contributed by atoms with van der Waals surface area (Å²) in [4.78, 5) is 39.8. The molecule has 2 N–H and O–H groups in total. The van der Waals surface area contributed by atoms with Crippen molar-refractivity contribution in [2.24, 2.45) is 0 Å². The zero-order valence-corrected chi connectivity index (χ0v) is 16.4. The molecule has 0 bridgehead atoms. The second-order valence-corrected chi connectivity index (χ2v) is 7.04. The second kappa shape index (κ2) is 8.62. The van der Waals surface area contributed by atoms with Gasteiger partial charge in [0.2, 0.25) is 0 Å². The minimum atomic E-state index is -0.925. The molecule has 4 aromatic rings. The molecule has 0 aliphatic carbocycles. The summed E-state index contributed by atoms with van der Waals surface area (Å²) in [6.45, 7) is 0. The van der Waals surface area contributed by atoms with Gasteiger partial charge in [-0.05, 0) is 29.8 Å². The lowest BCUT2D eigenvalue weighted by Gasteiger charge is -2.18. The summed E-state index contributed by atoms with van der Waals surface area (Å²) in [5, 5.41) is 12.3. The first-order chi connectivity index (χ1) is 15.1. The molecule has 3 aromatic carbocycles. The molecule has 0 aliphatic rings. The Labute approximate surface area is 178 Å². The van der Waals surface area contributed by atoms with Gasteiger partial charge in [0.25, 0.3) is 5.91 Å². The van der Waals surface area contributed by atoms with Gasteiger partial charge < -0.3 is 15.0 Å². The van der Waals surface area contributed by atoms with Crippen molar-refractivity contribution >= 4 is 34.9 Å². The largest absolute Gasteiger partial charge is 0.481 e. The van der Waals surface area contributed by atoms with Crippen molar-refractivity contribution < 1.29 is 19.5 Å². The maximum Gasteiger partial charge on any atom is 0.305 e. The number of aliphatic carboxylic acids is 1. The number of amides is 1. The van der Waals surface area contributed by atoms with Crippen molar-refractivity contribution in [1.29, 1.82) is 0 Å². The fourth-order valence-electron chi connectivity index (χ4n) is 3.57. The van der Waals surface area contributed by atoms with Crippen LogP contribution >= 0.6 is 0 Å². The summed E-state index contributed by atoms with van der Waals surface area (Å²) in [5.74, 6) is -1.33. The van der Waals surface area contributed by atoms with Crippen molar-refractivity contribution in [3.8, 4) is 0 Å². The molecule has 1 heterocycles. The summed E-state index contributed by atoms with van der Waals surface area (Å²) >= 11 is 0. The number of hydrogen-bond donors (Lipinski definition) is 2. The predicted octanol–water partition coefficient (Wildman–Crippen LogP) is 4.17. The van der Waals surface area contributed by atoms with Gasteiger partial charge in [-0.3, -0.25) is 14.4 Å². The van der Waals surface area contributed by atoms with E-state index in [1.807, 2.05) is 30.3 Å². The van der Waals surface area contributed by atoms with Crippen LogP contribution in [0.2, 0.25) is 0 Å². The minimum Gasteiger partial charge on any atom is -0.481 e. The number of anilines is 1. The van der Waals surface area contributed by atoms with Crippen LogP contribution in [0, 0.1) is 0 Å². The smallest absolute Gasteiger partial charge is 0.305 e. The topological polar surface area (TPSA) is 101 Å². The normalized spacial score (nSPS) is 11.7. The van der Waals surface area contributed by atoms with E-state index in [1.165, 1.54) is 0 Å². The van der Waals surface area contributed by atoms with Crippen molar-refractivity contribution in [3.05, 3.63) is 95.8 Å². The van der Waals surface area contributed by atoms with Crippen LogP contribution < -0.4 is 5.32 Å². The molecule has 0 aliphatic heterocycles. The van der Waals surface area contributed by atoms with E-state index in [2.05, 4.69) is 10.3 Å². The molecule has 1 atom stereocenters. The van der Waals surface area contributed by atoms with E-state index in [0.29, 0.717) is 28.6 Å². The number of hydrogen-bond acceptors (Lipinski definition) is 4. The number of fused-ring (bicyclic) bond motifs is 1. The number of benzene rings is 3. The monoisotopic (exact) mass is 413 g/mol. The molecule has 154 valence electrons. The van der Waals surface area contributed by atoms with E-state index < -0.39 is 17.9 Å². The van der Waals surface area contributed by atoms with E-state index in [0.717, 1.165) is 5.56 Å². The van der Waals surface area contributed by atoms with Crippen LogP contribution in [0.3, 0.4) is 0 Å². The second-order valence-electron chi connectivity index (χ2n) is 7.04. The highest BCUT2D eigenvalue weighted by Crippen LogP contribution is 2.28. The van der Waals surface area contributed by atoms with Crippen LogP contribution in [0.1, 0.15) is 38.7 Å². The van der Waals surface area contributed by atoms with E-state index >= 15 is 0 Å². The maximum atomic E-state index is 12.7. The molecule has 0 spiro atoms. The lowest BCUT2D eigenvalue weighted by molar-refractivity contribution is -0.137. The average Bonchev–Trinajstić information content (AvgIpc) is 3.21. The fraction of sp³-hybridized carbons (Fsp3) is 0.0833. The summed E-state index contributed by atoms with van der Waals surface area (Å²) in [6.07, 6.45) is 2.14. The molecule has 0 fully saturated rings. The Hall–Kier alpha value is -4.26. The molecule has 1 amide bonds. The third-order valence-electron chi connectivity index (χ3n) is 5.05. The molecular formula is C24H19N3O4. The van der Waals surface area contributed by atoms with Crippen LogP contribution in [-0.4, -0.2) is 32.8 Å². The molecular weight excluding hydrogens is 394 g/mol. The van der Waals surface area contributed by atoms with Crippen molar-refractivity contribution in [2.45, 2.75) is 12.5 Å². The molecule has 4 rings (SSSR count). The van der Waals surface area contributed by atoms with Crippen LogP contribution in [0.15, 0.2) is 79.1 Å². The lowest BCUT2D eigenvalue weighted by atomic mass is 10.0. The molecule has 1 aromatic heterocycles. The summed E-state index contributed by atoms with van der Waals surface area (Å²) in [7, 11) is 0. The number of carbonyl (C=O) groups is 3. The molecule has 0 saturated carbocycles. The Morgan fingerprint density at radius 3 is 2.52 bits per heavy atom. The summed E-state index contributed by atoms with van der Waals surface area (Å²) in [6, 6.07) is 20.7. The highest BCUT2D eigenvalue weighted by atomic mass is 16.4. The average molecular weight is 413 g/mol. The van der Waals surface area contributed by atoms with E-state index in [4.69, 9.17) is 0 Å². The molecule has 0 saturated heterocycles. The molecule has 7 nitrogen and oxygen atoms in total. The number of carboxylic acid groups (broad SMARTS) is 1. The van der Waals surface area contributed by atoms with Gasteiger partial charge in [0.1, 0.15) is 0 Å². The van der Waals surface area contributed by atoms with Gasteiger partial charge in [0.05, 0.1) is 35.4 Å². The predicted molar refractivity (Wildman–Crippen MR) is 116 cm³/mol. The van der Waals surface area contributed by atoms with Gasteiger partial charge in [-0.1, -0.05) is 48.5 Å². The highest BCUT2D eigenvalue weighted by Gasteiger charge is 2.20. The molecule has 7 heteroatoms. The number of nitrogens with one attached hydrogen (secondary N) is 1. The van der Waals surface area contributed by atoms with Gasteiger partial charge in [-0.2, -0.15) is 0 Å². The first-order valence-corrected chi connectivity index (χ1v) is 9.65. The quantitative estimate of drug-likeness (QED) is 0.443. The van der Waals surface area contributed by atoms with Crippen molar-refractivity contribution in [2.75, 3.05) is 5.32 Å². The van der Waals surface area contributed by atoms with Gasteiger partial charge in [-0.15, -0.1) is 0 Å². The van der Waals surface area contributed by atoms with Crippen LogP contribution in [-0.2, 0) is 4.79 Å². The number of imidazole rings is 1. The Bertz CT molecular complexity index is 1260. The van der Waals surface area contributed by atoms with Crippen LogP contribution in [0.4, 0.5) is 5.69 Å². The number of rotatable bonds is 7. The summed E-state index contributed by atoms with van der Waals surface area (Å²) in [5.41, 5.74) is 3.31. The SMILES string of the molecule is O=Cc1ccccc1C(=O)Nc1ccc2ncn(C(CC(=O)O)c3ccccc3)c2c1. The Morgan fingerprint density at radius 2 is 1.77 bits per heavy atom. The minimum absolute atomic E-state index is 0.112. The van der Waals surface area contributed by atoms with Crippen LogP contribution in [0.5, 0.6) is 0 Å². The first-order valence-electron chi connectivity index (χ1n) is 9.65. The summed E-state index contributed by atoms with van der Waals surface area (Å²) < 4.78 is 1.80. The van der Waals surface area contributed by atoms with Crippen LogP contribution in [0.25, 0.3) is 11.0 Å². The number of carboxylic acids is 1. The number of nitrogens with zero attached hydrogens (tertiary/aromatic N) is 2. The van der Waals surface area contributed by atoms with Crippen molar-refractivity contribution in [1.82, 2.24) is 9.55 Å². The molecule has 1 unspecified atom stereocenters. The Balaban J connectivity index is 1.71. The number of aldehydes is 1. The van der Waals surface area contributed by atoms with Gasteiger partial charge >= 0.3 is 5.97 Å². The van der Waals surface area contributed by atoms with Crippen molar-refractivity contribution in [3.63, 3.8) is 0 Å².